The Bertz CT molecular complexity index is 437. The first kappa shape index (κ1) is 15.3. The molecule has 0 unspecified atom stereocenters. The van der Waals surface area contributed by atoms with Gasteiger partial charge in [-0.1, -0.05) is 12.1 Å². The summed E-state index contributed by atoms with van der Waals surface area (Å²) in [5, 5.41) is 1.70. The van der Waals surface area contributed by atoms with Crippen molar-refractivity contribution in [1.82, 2.24) is 5.32 Å². The lowest BCUT2D eigenvalue weighted by molar-refractivity contribution is -0.169. The molecule has 0 saturated heterocycles. The molecule has 0 aliphatic heterocycles. The summed E-state index contributed by atoms with van der Waals surface area (Å²) >= 11 is 0. The Morgan fingerprint density at radius 1 is 1.42 bits per heavy atom. The zero-order valence-electron chi connectivity index (χ0n) is 10.1. The van der Waals surface area contributed by atoms with Crippen LogP contribution in [0, 0.1) is 6.92 Å². The monoisotopic (exact) mass is 279 g/mol. The fourth-order valence-electron chi connectivity index (χ4n) is 1.26. The van der Waals surface area contributed by atoms with E-state index >= 15 is 0 Å². The minimum absolute atomic E-state index is 0.0888. The molecule has 7 heteroatoms. The molecule has 3 nitrogen and oxygen atoms in total. The van der Waals surface area contributed by atoms with Crippen LogP contribution in [0.4, 0.5) is 17.6 Å². The van der Waals surface area contributed by atoms with Crippen molar-refractivity contribution in [1.29, 1.82) is 0 Å². The van der Waals surface area contributed by atoms with E-state index in [9.17, 15) is 22.4 Å². The first-order valence-corrected chi connectivity index (χ1v) is 5.47. The van der Waals surface area contributed by atoms with Gasteiger partial charge in [-0.3, -0.25) is 4.79 Å². The Balaban J connectivity index is 2.34. The van der Waals surface area contributed by atoms with E-state index in [1.807, 2.05) is 13.0 Å². The Hall–Kier alpha value is -1.79. The average Bonchev–Trinajstić information content (AvgIpc) is 2.34. The van der Waals surface area contributed by atoms with E-state index in [4.69, 9.17) is 4.74 Å². The summed E-state index contributed by atoms with van der Waals surface area (Å²) in [7, 11) is 0. The van der Waals surface area contributed by atoms with Gasteiger partial charge in [0, 0.05) is 0 Å². The lowest BCUT2D eigenvalue weighted by atomic mass is 10.2. The molecule has 1 aromatic carbocycles. The number of hydrogen-bond acceptors (Lipinski definition) is 2. The van der Waals surface area contributed by atoms with Crippen LogP contribution >= 0.6 is 0 Å². The predicted molar refractivity (Wildman–Crippen MR) is 60.6 cm³/mol. The van der Waals surface area contributed by atoms with Crippen molar-refractivity contribution in [2.75, 3.05) is 13.2 Å². The minimum Gasteiger partial charge on any atom is -0.492 e. The van der Waals surface area contributed by atoms with Crippen LogP contribution in [0.1, 0.15) is 5.56 Å². The number of nitrogens with one attached hydrogen (secondary N) is 1. The van der Waals surface area contributed by atoms with Gasteiger partial charge in [-0.15, -0.1) is 0 Å². The Labute approximate surface area is 107 Å². The fraction of sp³-hybridized carbons (Fsp3) is 0.417. The van der Waals surface area contributed by atoms with Crippen molar-refractivity contribution in [2.24, 2.45) is 0 Å². The summed E-state index contributed by atoms with van der Waals surface area (Å²) in [6.07, 6.45) is -4.02. The summed E-state index contributed by atoms with van der Waals surface area (Å²) < 4.78 is 53.9. The van der Waals surface area contributed by atoms with Crippen LogP contribution in [0.5, 0.6) is 5.75 Å². The van der Waals surface area contributed by atoms with Gasteiger partial charge in [0.1, 0.15) is 12.4 Å². The zero-order valence-corrected chi connectivity index (χ0v) is 10.1. The predicted octanol–water partition coefficient (Wildman–Crippen LogP) is 2.39. The van der Waals surface area contributed by atoms with Crippen LogP contribution in [0.15, 0.2) is 24.3 Å². The molecule has 1 N–H and O–H groups in total. The molecule has 1 amide bonds. The van der Waals surface area contributed by atoms with Gasteiger partial charge in [0.25, 0.3) is 5.91 Å². The minimum atomic E-state index is -4.68. The highest BCUT2D eigenvalue weighted by molar-refractivity contribution is 5.83. The molecule has 0 aromatic heterocycles. The maximum Gasteiger partial charge on any atom is 0.383 e. The van der Waals surface area contributed by atoms with Crippen LogP contribution in [-0.2, 0) is 4.79 Å². The highest BCUT2D eigenvalue weighted by atomic mass is 19.3. The first-order valence-electron chi connectivity index (χ1n) is 5.47. The lowest BCUT2D eigenvalue weighted by Crippen LogP contribution is -2.46. The second-order valence-electron chi connectivity index (χ2n) is 3.84. The molecular weight excluding hydrogens is 266 g/mol. The number of benzene rings is 1. The molecule has 0 aliphatic carbocycles. The lowest BCUT2D eigenvalue weighted by Gasteiger charge is -2.15. The number of ether oxygens (including phenoxy) is 1. The molecule has 0 heterocycles. The maximum absolute atomic E-state index is 12.5. The molecule has 0 bridgehead atoms. The first-order chi connectivity index (χ1) is 8.84. The number of alkyl halides is 4. The third kappa shape index (κ3) is 4.42. The fourth-order valence-corrected chi connectivity index (χ4v) is 1.26. The smallest absolute Gasteiger partial charge is 0.383 e. The summed E-state index contributed by atoms with van der Waals surface area (Å²) in [5.41, 5.74) is 0.950. The van der Waals surface area contributed by atoms with Gasteiger partial charge in [0.2, 0.25) is 0 Å². The van der Waals surface area contributed by atoms with Gasteiger partial charge in [-0.2, -0.15) is 8.78 Å². The van der Waals surface area contributed by atoms with Crippen molar-refractivity contribution in [3.05, 3.63) is 29.8 Å². The Kier molecular flexibility index (Phi) is 5.14. The molecule has 0 atom stereocenters. The van der Waals surface area contributed by atoms with Crippen LogP contribution < -0.4 is 10.1 Å². The van der Waals surface area contributed by atoms with Crippen molar-refractivity contribution in [3.8, 4) is 5.75 Å². The van der Waals surface area contributed by atoms with E-state index in [2.05, 4.69) is 0 Å². The molecule has 0 aliphatic rings. The van der Waals surface area contributed by atoms with Gasteiger partial charge in [-0.05, 0) is 24.6 Å². The molecule has 19 heavy (non-hydrogen) atoms. The number of amides is 1. The number of carbonyl (C=O) groups is 1. The average molecular weight is 279 g/mol. The zero-order chi connectivity index (χ0) is 14.5. The molecule has 0 radical (unpaired) electrons. The van der Waals surface area contributed by atoms with Gasteiger partial charge in [0.15, 0.2) is 0 Å². The molecule has 0 saturated carbocycles. The van der Waals surface area contributed by atoms with Crippen LogP contribution in [0.2, 0.25) is 0 Å². The van der Waals surface area contributed by atoms with Gasteiger partial charge in [0.05, 0.1) is 6.54 Å². The highest BCUT2D eigenvalue weighted by Gasteiger charge is 2.48. The summed E-state index contributed by atoms with van der Waals surface area (Å²) in [6.45, 7) is 1.47. The van der Waals surface area contributed by atoms with Crippen molar-refractivity contribution >= 4 is 5.91 Å². The van der Waals surface area contributed by atoms with Gasteiger partial charge >= 0.3 is 12.3 Å². The molecule has 1 aromatic rings. The SMILES string of the molecule is Cc1cccc(OCCNC(=O)C(F)(F)C(F)F)c1. The number of carbonyl (C=O) groups excluding carboxylic acids is 1. The molecule has 1 rings (SSSR count). The third-order valence-electron chi connectivity index (χ3n) is 2.22. The molecular formula is C12H13F4NO2. The second-order valence-corrected chi connectivity index (χ2v) is 3.84. The van der Waals surface area contributed by atoms with Gasteiger partial charge in [-0.25, -0.2) is 8.78 Å². The van der Waals surface area contributed by atoms with E-state index in [-0.39, 0.29) is 13.2 Å². The second kappa shape index (κ2) is 6.40. The summed E-state index contributed by atoms with van der Waals surface area (Å²) in [4.78, 5) is 10.8. The standard InChI is InChI=1S/C12H13F4NO2/c1-8-3-2-4-9(7-8)19-6-5-17-11(18)12(15,16)10(13)14/h2-4,7,10H,5-6H2,1H3,(H,17,18). The number of hydrogen-bond donors (Lipinski definition) is 1. The van der Waals surface area contributed by atoms with E-state index in [0.29, 0.717) is 5.75 Å². The third-order valence-corrected chi connectivity index (χ3v) is 2.22. The van der Waals surface area contributed by atoms with Crippen molar-refractivity contribution in [2.45, 2.75) is 19.3 Å². The largest absolute Gasteiger partial charge is 0.492 e. The molecule has 0 spiro atoms. The number of halogens is 4. The van der Waals surface area contributed by atoms with E-state index in [1.165, 1.54) is 0 Å². The van der Waals surface area contributed by atoms with E-state index < -0.39 is 18.3 Å². The van der Waals surface area contributed by atoms with Crippen LogP contribution in [0.3, 0.4) is 0 Å². The molecule has 106 valence electrons. The topological polar surface area (TPSA) is 38.3 Å². The maximum atomic E-state index is 12.5. The van der Waals surface area contributed by atoms with Crippen LogP contribution in [0.25, 0.3) is 0 Å². The van der Waals surface area contributed by atoms with Crippen LogP contribution in [-0.4, -0.2) is 31.4 Å². The van der Waals surface area contributed by atoms with E-state index in [0.717, 1.165) is 5.56 Å². The Morgan fingerprint density at radius 2 is 2.11 bits per heavy atom. The Morgan fingerprint density at radius 3 is 2.68 bits per heavy atom. The highest BCUT2D eigenvalue weighted by Crippen LogP contribution is 2.22. The van der Waals surface area contributed by atoms with Crippen molar-refractivity contribution < 1.29 is 27.1 Å². The normalized spacial score (nSPS) is 11.5. The summed E-state index contributed by atoms with van der Waals surface area (Å²) in [6, 6.07) is 6.96. The quantitative estimate of drug-likeness (QED) is 0.641. The molecule has 0 fully saturated rings. The van der Waals surface area contributed by atoms with Gasteiger partial charge < -0.3 is 10.1 Å². The number of aryl methyl sites for hydroxylation is 1. The number of rotatable bonds is 6. The van der Waals surface area contributed by atoms with E-state index in [1.54, 1.807) is 23.5 Å². The van der Waals surface area contributed by atoms with Crippen molar-refractivity contribution in [3.63, 3.8) is 0 Å². The summed E-state index contributed by atoms with van der Waals surface area (Å²) in [5.74, 6) is -6.17.